The van der Waals surface area contributed by atoms with Crippen molar-refractivity contribution < 1.29 is 0 Å². The Hall–Kier alpha value is -2.63. The number of rotatable bonds is 2. The minimum Gasteiger partial charge on any atom is -0.316 e. The molecule has 2 aromatic rings. The second-order valence-corrected chi connectivity index (χ2v) is 4.83. The molecule has 20 heavy (non-hydrogen) atoms. The van der Waals surface area contributed by atoms with Crippen molar-refractivity contribution in [2.24, 2.45) is 0 Å². The highest BCUT2D eigenvalue weighted by Crippen LogP contribution is 2.25. The first-order valence-corrected chi connectivity index (χ1v) is 6.51. The number of nitriles is 2. The third kappa shape index (κ3) is 2.05. The van der Waals surface area contributed by atoms with Gasteiger partial charge in [-0.25, -0.2) is 4.98 Å². The van der Waals surface area contributed by atoms with Gasteiger partial charge in [0.15, 0.2) is 0 Å². The predicted octanol–water partition coefficient (Wildman–Crippen LogP) is 1.69. The third-order valence-corrected chi connectivity index (χ3v) is 3.67. The van der Waals surface area contributed by atoms with Crippen LogP contribution in [0.5, 0.6) is 0 Å². The van der Waals surface area contributed by atoms with Gasteiger partial charge in [-0.2, -0.15) is 10.5 Å². The summed E-state index contributed by atoms with van der Waals surface area (Å²) in [5.74, 6) is 0.443. The molecule has 1 atom stereocenters. The number of benzene rings is 1. The number of hydrogen-bond donors (Lipinski definition) is 1. The van der Waals surface area contributed by atoms with E-state index in [2.05, 4.69) is 16.4 Å². The standard InChI is InChI=1S/C15H13N5/c16-6-11-1-2-14(5-13(11)7-17)20-10-19-9-15(20)12-3-4-18-8-12/h1-2,5,9-10,12,18H,3-4,8H2. The first-order chi connectivity index (χ1) is 9.83. The predicted molar refractivity (Wildman–Crippen MR) is 73.2 cm³/mol. The van der Waals surface area contributed by atoms with E-state index in [9.17, 15) is 0 Å². The molecule has 0 spiro atoms. The van der Waals surface area contributed by atoms with Crippen LogP contribution in [0.4, 0.5) is 0 Å². The van der Waals surface area contributed by atoms with Crippen molar-refractivity contribution in [1.82, 2.24) is 14.9 Å². The first kappa shape index (κ1) is 12.4. The van der Waals surface area contributed by atoms with Crippen LogP contribution in [0.3, 0.4) is 0 Å². The number of nitrogens with one attached hydrogen (secondary N) is 1. The van der Waals surface area contributed by atoms with Crippen molar-refractivity contribution in [2.45, 2.75) is 12.3 Å². The Morgan fingerprint density at radius 1 is 1.25 bits per heavy atom. The Morgan fingerprint density at radius 3 is 2.80 bits per heavy atom. The van der Waals surface area contributed by atoms with E-state index in [-0.39, 0.29) is 0 Å². The van der Waals surface area contributed by atoms with Gasteiger partial charge in [0.1, 0.15) is 12.1 Å². The van der Waals surface area contributed by atoms with E-state index in [0.717, 1.165) is 30.9 Å². The summed E-state index contributed by atoms with van der Waals surface area (Å²) in [7, 11) is 0. The van der Waals surface area contributed by atoms with Gasteiger partial charge in [-0.3, -0.25) is 0 Å². The second-order valence-electron chi connectivity index (χ2n) is 4.83. The van der Waals surface area contributed by atoms with Gasteiger partial charge in [0.25, 0.3) is 0 Å². The molecule has 1 aliphatic heterocycles. The Morgan fingerprint density at radius 2 is 2.10 bits per heavy atom. The van der Waals surface area contributed by atoms with E-state index in [0.29, 0.717) is 17.0 Å². The second kappa shape index (κ2) is 5.16. The van der Waals surface area contributed by atoms with E-state index in [4.69, 9.17) is 10.5 Å². The van der Waals surface area contributed by atoms with Crippen LogP contribution in [-0.4, -0.2) is 22.6 Å². The fraction of sp³-hybridized carbons (Fsp3) is 0.267. The number of hydrogen-bond acceptors (Lipinski definition) is 4. The largest absolute Gasteiger partial charge is 0.316 e. The quantitative estimate of drug-likeness (QED) is 0.894. The van der Waals surface area contributed by atoms with Crippen molar-refractivity contribution in [3.8, 4) is 17.8 Å². The summed E-state index contributed by atoms with van der Waals surface area (Å²) >= 11 is 0. The van der Waals surface area contributed by atoms with Crippen LogP contribution in [0.25, 0.3) is 5.69 Å². The van der Waals surface area contributed by atoms with Gasteiger partial charge in [0, 0.05) is 30.0 Å². The highest BCUT2D eigenvalue weighted by atomic mass is 15.1. The van der Waals surface area contributed by atoms with Crippen molar-refractivity contribution in [3.63, 3.8) is 0 Å². The van der Waals surface area contributed by atoms with Gasteiger partial charge < -0.3 is 9.88 Å². The highest BCUT2D eigenvalue weighted by Gasteiger charge is 2.20. The zero-order valence-electron chi connectivity index (χ0n) is 10.9. The molecule has 0 amide bonds. The molecule has 0 aliphatic carbocycles. The van der Waals surface area contributed by atoms with E-state index < -0.39 is 0 Å². The lowest BCUT2D eigenvalue weighted by Crippen LogP contribution is -2.10. The number of aromatic nitrogens is 2. The monoisotopic (exact) mass is 263 g/mol. The molecule has 5 heteroatoms. The van der Waals surface area contributed by atoms with Crippen molar-refractivity contribution >= 4 is 0 Å². The van der Waals surface area contributed by atoms with Crippen molar-refractivity contribution in [1.29, 1.82) is 10.5 Å². The molecule has 0 bridgehead atoms. The molecule has 1 fully saturated rings. The Labute approximate surface area is 117 Å². The van der Waals surface area contributed by atoms with Crippen LogP contribution in [0.15, 0.2) is 30.7 Å². The molecule has 5 nitrogen and oxygen atoms in total. The van der Waals surface area contributed by atoms with Crippen LogP contribution in [-0.2, 0) is 0 Å². The summed E-state index contributed by atoms with van der Waals surface area (Å²) in [6.07, 6.45) is 4.73. The molecule has 0 saturated carbocycles. The average Bonchev–Trinajstić information content (AvgIpc) is 3.16. The normalized spacial score (nSPS) is 17.6. The van der Waals surface area contributed by atoms with Gasteiger partial charge in [-0.1, -0.05) is 0 Å². The minimum absolute atomic E-state index is 0.397. The van der Waals surface area contributed by atoms with E-state index in [1.807, 2.05) is 22.9 Å². The summed E-state index contributed by atoms with van der Waals surface area (Å²) in [5, 5.41) is 21.4. The minimum atomic E-state index is 0.397. The molecule has 1 N–H and O–H groups in total. The maximum atomic E-state index is 9.12. The fourth-order valence-electron chi connectivity index (χ4n) is 2.60. The van der Waals surface area contributed by atoms with Gasteiger partial charge in [-0.15, -0.1) is 0 Å². The van der Waals surface area contributed by atoms with Crippen molar-refractivity contribution in [2.75, 3.05) is 13.1 Å². The highest BCUT2D eigenvalue weighted by molar-refractivity contribution is 5.52. The Bertz CT molecular complexity index is 711. The lowest BCUT2D eigenvalue weighted by Gasteiger charge is -2.13. The van der Waals surface area contributed by atoms with Gasteiger partial charge in [0.05, 0.1) is 17.5 Å². The van der Waals surface area contributed by atoms with Crippen LogP contribution in [0.1, 0.15) is 29.2 Å². The smallest absolute Gasteiger partial charge is 0.101 e. The fourth-order valence-corrected chi connectivity index (χ4v) is 2.60. The molecular formula is C15H13N5. The first-order valence-electron chi connectivity index (χ1n) is 6.51. The number of imidazole rings is 1. The number of nitrogens with zero attached hydrogens (tertiary/aromatic N) is 4. The average molecular weight is 263 g/mol. The Balaban J connectivity index is 2.04. The molecule has 1 aliphatic rings. The van der Waals surface area contributed by atoms with E-state index in [1.54, 1.807) is 18.5 Å². The molecule has 0 radical (unpaired) electrons. The van der Waals surface area contributed by atoms with Gasteiger partial charge >= 0.3 is 0 Å². The summed E-state index contributed by atoms with van der Waals surface area (Å²) in [6.45, 7) is 1.97. The molecule has 1 aromatic carbocycles. The molecular weight excluding hydrogens is 250 g/mol. The maximum Gasteiger partial charge on any atom is 0.101 e. The molecule has 98 valence electrons. The van der Waals surface area contributed by atoms with Crippen LogP contribution < -0.4 is 5.32 Å². The molecule has 1 saturated heterocycles. The zero-order valence-corrected chi connectivity index (χ0v) is 10.9. The summed E-state index contributed by atoms with van der Waals surface area (Å²) in [5.41, 5.74) is 2.82. The topological polar surface area (TPSA) is 77.4 Å². The van der Waals surface area contributed by atoms with Gasteiger partial charge in [0.2, 0.25) is 0 Å². The summed E-state index contributed by atoms with van der Waals surface area (Å²) < 4.78 is 2.00. The molecule has 3 rings (SSSR count). The zero-order chi connectivity index (χ0) is 13.9. The van der Waals surface area contributed by atoms with Crippen LogP contribution in [0.2, 0.25) is 0 Å². The summed E-state index contributed by atoms with van der Waals surface area (Å²) in [4.78, 5) is 4.23. The third-order valence-electron chi connectivity index (χ3n) is 3.67. The molecule has 1 aromatic heterocycles. The van der Waals surface area contributed by atoms with E-state index >= 15 is 0 Å². The van der Waals surface area contributed by atoms with Crippen molar-refractivity contribution in [3.05, 3.63) is 47.5 Å². The van der Waals surface area contributed by atoms with Crippen LogP contribution >= 0.6 is 0 Å². The molecule has 2 heterocycles. The lowest BCUT2D eigenvalue weighted by atomic mass is 10.0. The summed E-state index contributed by atoms with van der Waals surface area (Å²) in [6, 6.07) is 9.38. The van der Waals surface area contributed by atoms with E-state index in [1.165, 1.54) is 0 Å². The SMILES string of the molecule is N#Cc1ccc(-n2cncc2C2CCNC2)cc1C#N. The van der Waals surface area contributed by atoms with Gasteiger partial charge in [-0.05, 0) is 31.2 Å². The molecule has 1 unspecified atom stereocenters. The van der Waals surface area contributed by atoms with Crippen LogP contribution in [0, 0.1) is 22.7 Å². The maximum absolute atomic E-state index is 9.12. The Kier molecular flexibility index (Phi) is 3.20. The lowest BCUT2D eigenvalue weighted by molar-refractivity contribution is 0.713.